The summed E-state index contributed by atoms with van der Waals surface area (Å²) in [5.74, 6) is 0.0202. The van der Waals surface area contributed by atoms with E-state index < -0.39 is 6.29 Å². The summed E-state index contributed by atoms with van der Waals surface area (Å²) in [6, 6.07) is 30.0. The summed E-state index contributed by atoms with van der Waals surface area (Å²) in [6.07, 6.45) is -0.294. The zero-order valence-corrected chi connectivity index (χ0v) is 25.0. The summed E-state index contributed by atoms with van der Waals surface area (Å²) in [4.78, 5) is 39.3. The third-order valence-electron chi connectivity index (χ3n) is 7.70. The van der Waals surface area contributed by atoms with Gasteiger partial charge in [-0.2, -0.15) is 0 Å². The molecule has 0 radical (unpaired) electrons. The molecule has 0 spiro atoms. The molecule has 2 N–H and O–H groups in total. The number of amides is 3. The van der Waals surface area contributed by atoms with Gasteiger partial charge in [-0.05, 0) is 53.1 Å². The minimum absolute atomic E-state index is 0.0232. The second-order valence-corrected chi connectivity index (χ2v) is 11.9. The van der Waals surface area contributed by atoms with Gasteiger partial charge >= 0.3 is 0 Å². The van der Waals surface area contributed by atoms with Crippen molar-refractivity contribution < 1.29 is 29.0 Å². The van der Waals surface area contributed by atoms with E-state index in [1.54, 1.807) is 36.0 Å². The number of nitrogens with zero attached hydrogens (tertiary/aromatic N) is 1. The van der Waals surface area contributed by atoms with Crippen LogP contribution in [0.2, 0.25) is 0 Å². The molecule has 2 aliphatic rings. The number of fused-ring (bicyclic) bond motifs is 1. The number of ether oxygens (including phenoxy) is 2. The van der Waals surface area contributed by atoms with Gasteiger partial charge in [-0.25, -0.2) is 0 Å². The molecule has 3 unspecified atom stereocenters. The quantitative estimate of drug-likeness (QED) is 0.170. The molecule has 2 aliphatic heterocycles. The molecule has 2 heterocycles. The van der Waals surface area contributed by atoms with Crippen LogP contribution in [-0.4, -0.2) is 39.6 Å². The molecule has 0 aromatic heterocycles. The first-order chi connectivity index (χ1) is 21.4. The fourth-order valence-electron chi connectivity index (χ4n) is 5.40. The van der Waals surface area contributed by atoms with Crippen molar-refractivity contribution in [2.24, 2.45) is 0 Å². The number of benzene rings is 4. The predicted molar refractivity (Wildman–Crippen MR) is 167 cm³/mol. The SMILES string of the molecule is CC(=O)Nc1ccc(SCC2CC(c3ccc(CO)cc3)OC(c3ccc(CN4C(=O)c5ccccc5C4=O)cc3)O2)cc1. The molecular weight excluding hydrogens is 576 g/mol. The molecule has 1 fully saturated rings. The highest BCUT2D eigenvalue weighted by atomic mass is 32.2. The zero-order chi connectivity index (χ0) is 30.6. The van der Waals surface area contributed by atoms with Crippen molar-refractivity contribution in [3.05, 3.63) is 130 Å². The van der Waals surface area contributed by atoms with Gasteiger partial charge in [0.2, 0.25) is 5.91 Å². The molecule has 4 aromatic rings. The van der Waals surface area contributed by atoms with Crippen molar-refractivity contribution in [1.29, 1.82) is 0 Å². The molecular formula is C35H32N2O6S. The Morgan fingerprint density at radius 3 is 2.07 bits per heavy atom. The third-order valence-corrected chi connectivity index (χ3v) is 8.84. The summed E-state index contributed by atoms with van der Waals surface area (Å²) in [5, 5.41) is 12.3. The smallest absolute Gasteiger partial charge is 0.261 e. The van der Waals surface area contributed by atoms with E-state index in [9.17, 15) is 19.5 Å². The molecule has 0 aliphatic carbocycles. The Bertz CT molecular complexity index is 1620. The van der Waals surface area contributed by atoms with E-state index in [1.807, 2.05) is 72.8 Å². The van der Waals surface area contributed by atoms with Crippen LogP contribution in [0.4, 0.5) is 5.69 Å². The van der Waals surface area contributed by atoms with Crippen LogP contribution in [0, 0.1) is 0 Å². The van der Waals surface area contributed by atoms with Crippen LogP contribution in [0.15, 0.2) is 102 Å². The van der Waals surface area contributed by atoms with Crippen LogP contribution < -0.4 is 5.32 Å². The summed E-state index contributed by atoms with van der Waals surface area (Å²) < 4.78 is 12.9. The lowest BCUT2D eigenvalue weighted by atomic mass is 10.0. The maximum absolute atomic E-state index is 12.8. The van der Waals surface area contributed by atoms with Gasteiger partial charge in [-0.15, -0.1) is 11.8 Å². The van der Waals surface area contributed by atoms with Gasteiger partial charge in [0.15, 0.2) is 6.29 Å². The van der Waals surface area contributed by atoms with E-state index in [2.05, 4.69) is 5.32 Å². The maximum Gasteiger partial charge on any atom is 0.261 e. The number of carbonyl (C=O) groups is 3. The second kappa shape index (κ2) is 13.2. The van der Waals surface area contributed by atoms with Gasteiger partial charge in [0.1, 0.15) is 0 Å². The fraction of sp³-hybridized carbons (Fsp3) is 0.229. The van der Waals surface area contributed by atoms with Crippen LogP contribution in [0.25, 0.3) is 0 Å². The predicted octanol–water partition coefficient (Wildman–Crippen LogP) is 6.27. The van der Waals surface area contributed by atoms with Crippen molar-refractivity contribution in [2.75, 3.05) is 11.1 Å². The first-order valence-corrected chi connectivity index (χ1v) is 15.4. The summed E-state index contributed by atoms with van der Waals surface area (Å²) in [5.41, 5.74) is 5.12. The number of aliphatic hydroxyl groups is 1. The molecule has 8 nitrogen and oxygen atoms in total. The summed E-state index contributed by atoms with van der Waals surface area (Å²) in [6.45, 7) is 1.64. The number of hydrogen-bond acceptors (Lipinski definition) is 7. The Morgan fingerprint density at radius 1 is 0.841 bits per heavy atom. The zero-order valence-electron chi connectivity index (χ0n) is 24.1. The van der Waals surface area contributed by atoms with E-state index in [4.69, 9.17) is 9.47 Å². The molecule has 6 rings (SSSR count). The van der Waals surface area contributed by atoms with E-state index in [1.165, 1.54) is 11.8 Å². The highest BCUT2D eigenvalue weighted by molar-refractivity contribution is 7.99. The van der Waals surface area contributed by atoms with Crippen LogP contribution in [0.5, 0.6) is 0 Å². The van der Waals surface area contributed by atoms with E-state index >= 15 is 0 Å². The van der Waals surface area contributed by atoms with E-state index in [0.29, 0.717) is 23.3 Å². The van der Waals surface area contributed by atoms with Crippen LogP contribution >= 0.6 is 11.8 Å². The average Bonchev–Trinajstić information content (AvgIpc) is 3.29. The van der Waals surface area contributed by atoms with Crippen molar-refractivity contribution >= 4 is 35.2 Å². The van der Waals surface area contributed by atoms with E-state index in [-0.39, 0.29) is 43.1 Å². The number of rotatable bonds is 9. The van der Waals surface area contributed by atoms with E-state index in [0.717, 1.165) is 32.8 Å². The topological polar surface area (TPSA) is 105 Å². The minimum atomic E-state index is -0.618. The Morgan fingerprint density at radius 2 is 1.45 bits per heavy atom. The van der Waals surface area contributed by atoms with Crippen LogP contribution in [0.3, 0.4) is 0 Å². The number of imide groups is 1. The molecule has 0 bridgehead atoms. The fourth-order valence-corrected chi connectivity index (χ4v) is 6.32. The minimum Gasteiger partial charge on any atom is -0.392 e. The van der Waals surface area contributed by atoms with Gasteiger partial charge in [-0.3, -0.25) is 19.3 Å². The Kier molecular flexibility index (Phi) is 8.90. The highest BCUT2D eigenvalue weighted by Gasteiger charge is 2.35. The Labute approximate surface area is 260 Å². The number of nitrogens with one attached hydrogen (secondary N) is 1. The molecule has 44 heavy (non-hydrogen) atoms. The second-order valence-electron chi connectivity index (χ2n) is 10.9. The number of anilines is 1. The Balaban J connectivity index is 1.16. The number of carbonyl (C=O) groups excluding carboxylic acids is 3. The lowest BCUT2D eigenvalue weighted by molar-refractivity contribution is -0.245. The first-order valence-electron chi connectivity index (χ1n) is 14.4. The standard InChI is InChI=1S/C35H32N2O6S/c1-22(39)36-27-14-16-29(17-15-27)44-21-28-18-32(25-10-8-24(20-38)9-11-25)43-35(42-28)26-12-6-23(7-13-26)19-37-33(40)30-4-2-3-5-31(30)34(37)41/h2-17,28,32,35,38H,18-21H2,1H3,(H,36,39). The normalized spacial score (nSPS) is 19.6. The summed E-state index contributed by atoms with van der Waals surface area (Å²) in [7, 11) is 0. The van der Waals surface area contributed by atoms with Gasteiger partial charge < -0.3 is 19.9 Å². The summed E-state index contributed by atoms with van der Waals surface area (Å²) >= 11 is 1.67. The largest absolute Gasteiger partial charge is 0.392 e. The van der Waals surface area contributed by atoms with Gasteiger partial charge in [0.25, 0.3) is 11.8 Å². The average molecular weight is 609 g/mol. The van der Waals surface area contributed by atoms with Crippen molar-refractivity contribution in [1.82, 2.24) is 4.90 Å². The number of hydrogen-bond donors (Lipinski definition) is 2. The number of thioether (sulfide) groups is 1. The molecule has 1 saturated heterocycles. The highest BCUT2D eigenvalue weighted by Crippen LogP contribution is 2.39. The molecule has 3 atom stereocenters. The lowest BCUT2D eigenvalue weighted by Crippen LogP contribution is -2.31. The molecule has 3 amide bonds. The lowest BCUT2D eigenvalue weighted by Gasteiger charge is -2.36. The van der Waals surface area contributed by atoms with Crippen molar-refractivity contribution in [2.45, 2.75) is 49.9 Å². The van der Waals surface area contributed by atoms with Crippen LogP contribution in [0.1, 0.15) is 68.7 Å². The Hall–Kier alpha value is -4.28. The first kappa shape index (κ1) is 29.8. The number of aliphatic hydroxyl groups excluding tert-OH is 1. The monoisotopic (exact) mass is 608 g/mol. The van der Waals surface area contributed by atoms with Crippen LogP contribution in [-0.2, 0) is 27.4 Å². The molecule has 4 aromatic carbocycles. The third kappa shape index (κ3) is 6.61. The molecule has 224 valence electrons. The van der Waals surface area contributed by atoms with Crippen molar-refractivity contribution in [3.63, 3.8) is 0 Å². The molecule has 9 heteroatoms. The van der Waals surface area contributed by atoms with Gasteiger partial charge in [-0.1, -0.05) is 60.7 Å². The maximum atomic E-state index is 12.8. The molecule has 0 saturated carbocycles. The van der Waals surface area contributed by atoms with Crippen molar-refractivity contribution in [3.8, 4) is 0 Å². The van der Waals surface area contributed by atoms with Gasteiger partial charge in [0.05, 0.1) is 36.5 Å². The van der Waals surface area contributed by atoms with Gasteiger partial charge in [0, 0.05) is 35.2 Å².